The molecule has 1 nitrogen and oxygen atoms in total. The number of hydrogen-bond acceptors (Lipinski definition) is 1. The molecule has 0 saturated heterocycles. The molecule has 0 aromatic heterocycles. The lowest BCUT2D eigenvalue weighted by Gasteiger charge is -2.34. The van der Waals surface area contributed by atoms with E-state index in [1.807, 2.05) is 0 Å². The first-order valence-corrected chi connectivity index (χ1v) is 9.31. The molecule has 0 spiro atoms. The second-order valence-electron chi connectivity index (χ2n) is 6.47. The molecule has 0 amide bonds. The van der Waals surface area contributed by atoms with E-state index in [0.29, 0.717) is 5.92 Å². The van der Waals surface area contributed by atoms with E-state index in [9.17, 15) is 0 Å². The fourth-order valence-electron chi connectivity index (χ4n) is 2.99. The monoisotopic (exact) mass is 304 g/mol. The Balaban J connectivity index is 4.04. The summed E-state index contributed by atoms with van der Waals surface area (Å²) in [6, 6.07) is 0. The second kappa shape index (κ2) is 13.0. The maximum absolute atomic E-state index is 5.98. The van der Waals surface area contributed by atoms with E-state index >= 15 is 0 Å². The molecule has 2 heteroatoms. The standard InChI is InChI=1S/C18H37ClO/c1-5-7-8-9-10-11-14-17(15-12-13-16-19)18(3,4)20-6-2/h17H,5-16H2,1-4H3. The number of ether oxygens (including phenoxy) is 1. The van der Waals surface area contributed by atoms with Gasteiger partial charge in [-0.1, -0.05) is 51.9 Å². The molecule has 0 saturated carbocycles. The number of rotatable bonds is 14. The van der Waals surface area contributed by atoms with Crippen LogP contribution in [0.15, 0.2) is 0 Å². The van der Waals surface area contributed by atoms with Crippen molar-refractivity contribution in [3.05, 3.63) is 0 Å². The predicted molar refractivity (Wildman–Crippen MR) is 91.8 cm³/mol. The normalized spacial score (nSPS) is 13.7. The highest BCUT2D eigenvalue weighted by Crippen LogP contribution is 2.31. The average Bonchev–Trinajstić information content (AvgIpc) is 2.40. The molecule has 0 radical (unpaired) electrons. The molecule has 0 aromatic carbocycles. The summed E-state index contributed by atoms with van der Waals surface area (Å²) in [6.07, 6.45) is 13.2. The first-order chi connectivity index (χ1) is 9.58. The van der Waals surface area contributed by atoms with Gasteiger partial charge < -0.3 is 4.74 Å². The Morgan fingerprint density at radius 2 is 1.40 bits per heavy atom. The summed E-state index contributed by atoms with van der Waals surface area (Å²) >= 11 is 5.80. The van der Waals surface area contributed by atoms with Gasteiger partial charge in [0.1, 0.15) is 0 Å². The van der Waals surface area contributed by atoms with Gasteiger partial charge in [-0.05, 0) is 46.0 Å². The van der Waals surface area contributed by atoms with Crippen LogP contribution in [0.3, 0.4) is 0 Å². The Labute approximate surface area is 132 Å². The van der Waals surface area contributed by atoms with E-state index in [1.54, 1.807) is 0 Å². The highest BCUT2D eigenvalue weighted by molar-refractivity contribution is 6.17. The van der Waals surface area contributed by atoms with E-state index in [0.717, 1.165) is 18.9 Å². The molecule has 0 aliphatic rings. The van der Waals surface area contributed by atoms with E-state index in [-0.39, 0.29) is 5.60 Å². The zero-order valence-corrected chi connectivity index (χ0v) is 15.1. The van der Waals surface area contributed by atoms with Gasteiger partial charge in [-0.25, -0.2) is 0 Å². The Hall–Kier alpha value is 0.250. The van der Waals surface area contributed by atoms with Gasteiger partial charge in [0.2, 0.25) is 0 Å². The molecule has 0 N–H and O–H groups in total. The lowest BCUT2D eigenvalue weighted by molar-refractivity contribution is -0.0604. The van der Waals surface area contributed by atoms with Gasteiger partial charge in [0.05, 0.1) is 5.60 Å². The third-order valence-electron chi connectivity index (χ3n) is 4.34. The summed E-state index contributed by atoms with van der Waals surface area (Å²) in [4.78, 5) is 0. The lowest BCUT2D eigenvalue weighted by Crippen LogP contribution is -2.34. The van der Waals surface area contributed by atoms with Crippen LogP contribution < -0.4 is 0 Å². The number of hydrogen-bond donors (Lipinski definition) is 0. The van der Waals surface area contributed by atoms with Crippen LogP contribution in [0.25, 0.3) is 0 Å². The Kier molecular flexibility index (Phi) is 13.1. The number of alkyl halides is 1. The first-order valence-electron chi connectivity index (χ1n) is 8.78. The minimum Gasteiger partial charge on any atom is -0.376 e. The van der Waals surface area contributed by atoms with Crippen LogP contribution in [0.2, 0.25) is 0 Å². The highest BCUT2D eigenvalue weighted by atomic mass is 35.5. The van der Waals surface area contributed by atoms with Crippen molar-refractivity contribution in [1.29, 1.82) is 0 Å². The maximum atomic E-state index is 5.98. The Morgan fingerprint density at radius 3 is 1.95 bits per heavy atom. The molecule has 0 rings (SSSR count). The second-order valence-corrected chi connectivity index (χ2v) is 6.85. The smallest absolute Gasteiger partial charge is 0.0654 e. The van der Waals surface area contributed by atoms with Crippen molar-refractivity contribution in [2.75, 3.05) is 12.5 Å². The largest absolute Gasteiger partial charge is 0.376 e. The van der Waals surface area contributed by atoms with Crippen molar-refractivity contribution in [2.45, 2.75) is 97.5 Å². The molecule has 0 fully saturated rings. The van der Waals surface area contributed by atoms with E-state index in [4.69, 9.17) is 16.3 Å². The summed E-state index contributed by atoms with van der Waals surface area (Å²) in [6.45, 7) is 9.72. The third-order valence-corrected chi connectivity index (χ3v) is 4.61. The molecule has 0 aliphatic heterocycles. The topological polar surface area (TPSA) is 9.23 Å². The molecule has 1 atom stereocenters. The molecular formula is C18H37ClO. The highest BCUT2D eigenvalue weighted by Gasteiger charge is 2.28. The fraction of sp³-hybridized carbons (Fsp3) is 1.00. The van der Waals surface area contributed by atoms with E-state index in [1.165, 1.54) is 57.8 Å². The van der Waals surface area contributed by atoms with Gasteiger partial charge in [-0.2, -0.15) is 0 Å². The molecule has 0 aromatic rings. The van der Waals surface area contributed by atoms with Crippen molar-refractivity contribution >= 4 is 11.6 Å². The van der Waals surface area contributed by atoms with Crippen LogP contribution in [0.4, 0.5) is 0 Å². The van der Waals surface area contributed by atoms with Crippen molar-refractivity contribution in [2.24, 2.45) is 5.92 Å². The molecule has 122 valence electrons. The molecule has 20 heavy (non-hydrogen) atoms. The van der Waals surface area contributed by atoms with Gasteiger partial charge >= 0.3 is 0 Å². The number of unbranched alkanes of at least 4 members (excludes halogenated alkanes) is 6. The summed E-state index contributed by atoms with van der Waals surface area (Å²) in [7, 11) is 0. The summed E-state index contributed by atoms with van der Waals surface area (Å²) in [5.41, 5.74) is 0.0183. The number of halogens is 1. The molecule has 1 unspecified atom stereocenters. The van der Waals surface area contributed by atoms with Crippen LogP contribution in [-0.4, -0.2) is 18.1 Å². The maximum Gasteiger partial charge on any atom is 0.0654 e. The first kappa shape index (κ1) is 20.2. The van der Waals surface area contributed by atoms with Gasteiger partial charge in [0.15, 0.2) is 0 Å². The fourth-order valence-corrected chi connectivity index (χ4v) is 3.17. The van der Waals surface area contributed by atoms with Gasteiger partial charge in [-0.15, -0.1) is 11.6 Å². The Morgan fingerprint density at radius 1 is 0.850 bits per heavy atom. The molecule has 0 heterocycles. The SMILES string of the molecule is CCCCCCCCC(CCCCCl)C(C)(C)OCC. The average molecular weight is 305 g/mol. The van der Waals surface area contributed by atoms with Crippen molar-refractivity contribution in [1.82, 2.24) is 0 Å². The molecular weight excluding hydrogens is 268 g/mol. The van der Waals surface area contributed by atoms with Crippen LogP contribution in [-0.2, 0) is 4.74 Å². The van der Waals surface area contributed by atoms with Gasteiger partial charge in [0, 0.05) is 12.5 Å². The van der Waals surface area contributed by atoms with Crippen molar-refractivity contribution in [3.63, 3.8) is 0 Å². The minimum absolute atomic E-state index is 0.0183. The van der Waals surface area contributed by atoms with Gasteiger partial charge in [0.25, 0.3) is 0 Å². The predicted octanol–water partition coefficient (Wildman–Crippen LogP) is 6.58. The van der Waals surface area contributed by atoms with Crippen LogP contribution in [0.1, 0.15) is 91.9 Å². The van der Waals surface area contributed by atoms with Crippen LogP contribution in [0, 0.1) is 5.92 Å². The molecule has 0 aliphatic carbocycles. The molecule has 0 bridgehead atoms. The minimum atomic E-state index is 0.0183. The van der Waals surface area contributed by atoms with E-state index < -0.39 is 0 Å². The quantitative estimate of drug-likeness (QED) is 0.260. The zero-order valence-electron chi connectivity index (χ0n) is 14.3. The van der Waals surface area contributed by atoms with E-state index in [2.05, 4.69) is 27.7 Å². The summed E-state index contributed by atoms with van der Waals surface area (Å²) < 4.78 is 5.98. The van der Waals surface area contributed by atoms with Crippen molar-refractivity contribution < 1.29 is 4.74 Å². The Bertz CT molecular complexity index is 204. The lowest BCUT2D eigenvalue weighted by atomic mass is 9.82. The van der Waals surface area contributed by atoms with Crippen LogP contribution >= 0.6 is 11.6 Å². The van der Waals surface area contributed by atoms with Crippen molar-refractivity contribution in [3.8, 4) is 0 Å². The summed E-state index contributed by atoms with van der Waals surface area (Å²) in [5, 5.41) is 0. The summed E-state index contributed by atoms with van der Waals surface area (Å²) in [5.74, 6) is 1.47. The van der Waals surface area contributed by atoms with Gasteiger partial charge in [-0.3, -0.25) is 0 Å². The third kappa shape index (κ3) is 10.0. The zero-order chi connectivity index (χ0) is 15.3. The van der Waals surface area contributed by atoms with Crippen LogP contribution in [0.5, 0.6) is 0 Å².